The Morgan fingerprint density at radius 2 is 1.92 bits per heavy atom. The average molecular weight is 339 g/mol. The van der Waals surface area contributed by atoms with Gasteiger partial charge in [0.15, 0.2) is 0 Å². The van der Waals surface area contributed by atoms with E-state index in [1.54, 1.807) is 37.3 Å². The summed E-state index contributed by atoms with van der Waals surface area (Å²) in [5.41, 5.74) is 0.0139. The van der Waals surface area contributed by atoms with E-state index in [0.717, 1.165) is 6.07 Å². The summed E-state index contributed by atoms with van der Waals surface area (Å²) in [4.78, 5) is 29.1. The van der Waals surface area contributed by atoms with E-state index in [9.17, 15) is 19.1 Å². The maximum Gasteiger partial charge on any atom is 0.344 e. The number of hydrogen-bond acceptors (Lipinski definition) is 5. The molecule has 1 aliphatic heterocycles. The Kier molecular flexibility index (Phi) is 4.43. The first-order valence-electron chi connectivity index (χ1n) is 7.62. The van der Waals surface area contributed by atoms with Crippen LogP contribution >= 0.6 is 0 Å². The number of hydrogen-bond donors (Lipinski definition) is 1. The van der Waals surface area contributed by atoms with E-state index in [-0.39, 0.29) is 29.1 Å². The molecule has 0 aromatic heterocycles. The van der Waals surface area contributed by atoms with Gasteiger partial charge in [-0.15, -0.1) is 0 Å². The smallest absolute Gasteiger partial charge is 0.344 e. The van der Waals surface area contributed by atoms with Crippen LogP contribution in [-0.4, -0.2) is 29.2 Å². The van der Waals surface area contributed by atoms with E-state index in [2.05, 4.69) is 4.99 Å². The van der Waals surface area contributed by atoms with E-state index in [0.29, 0.717) is 5.56 Å². The van der Waals surface area contributed by atoms with Gasteiger partial charge in [-0.1, -0.05) is 30.3 Å². The molecule has 0 spiro atoms. The molecule has 0 radical (unpaired) electrons. The molecule has 5 nitrogen and oxygen atoms in total. The lowest BCUT2D eigenvalue weighted by molar-refractivity contribution is -0.137. The van der Waals surface area contributed by atoms with Crippen LogP contribution in [0.4, 0.5) is 10.1 Å². The number of halogens is 1. The highest BCUT2D eigenvalue weighted by atomic mass is 19.1. The number of aliphatic hydroxyl groups excluding tert-OH is 1. The van der Waals surface area contributed by atoms with Crippen LogP contribution in [-0.2, 0) is 9.53 Å². The Labute approximate surface area is 143 Å². The first-order chi connectivity index (χ1) is 12.0. The van der Waals surface area contributed by atoms with Crippen molar-refractivity contribution in [2.45, 2.75) is 6.92 Å². The zero-order chi connectivity index (χ0) is 18.0. The van der Waals surface area contributed by atoms with E-state index in [4.69, 9.17) is 4.74 Å². The van der Waals surface area contributed by atoms with Gasteiger partial charge in [-0.25, -0.2) is 14.2 Å². The van der Waals surface area contributed by atoms with Crippen molar-refractivity contribution in [3.63, 3.8) is 0 Å². The third-order valence-corrected chi connectivity index (χ3v) is 3.65. The van der Waals surface area contributed by atoms with E-state index in [1.807, 2.05) is 0 Å². The molecule has 6 heteroatoms. The summed E-state index contributed by atoms with van der Waals surface area (Å²) in [6, 6.07) is 11.8. The largest absolute Gasteiger partial charge is 0.506 e. The normalized spacial score (nSPS) is 13.8. The molecule has 0 saturated heterocycles. The Morgan fingerprint density at radius 1 is 1.20 bits per heavy atom. The quantitative estimate of drug-likeness (QED) is 0.524. The highest BCUT2D eigenvalue weighted by molar-refractivity contribution is 6.59. The second-order valence-electron chi connectivity index (χ2n) is 5.26. The molecule has 1 heterocycles. The fourth-order valence-corrected chi connectivity index (χ4v) is 2.50. The maximum absolute atomic E-state index is 13.4. The lowest BCUT2D eigenvalue weighted by Crippen LogP contribution is -2.22. The van der Waals surface area contributed by atoms with Crippen LogP contribution in [0.3, 0.4) is 0 Å². The maximum atomic E-state index is 13.4. The van der Waals surface area contributed by atoms with Gasteiger partial charge in [0, 0.05) is 5.56 Å². The van der Waals surface area contributed by atoms with Crippen LogP contribution < -0.4 is 0 Å². The molecule has 25 heavy (non-hydrogen) atoms. The SMILES string of the molecule is CCOC(=O)/C(C1=Nc2ccc(F)cc2C1=O)=C(/O)c1ccccc1. The summed E-state index contributed by atoms with van der Waals surface area (Å²) in [6.07, 6.45) is 0. The zero-order valence-corrected chi connectivity index (χ0v) is 13.3. The number of ether oxygens (including phenoxy) is 1. The second kappa shape index (κ2) is 6.68. The molecule has 1 aliphatic rings. The highest BCUT2D eigenvalue weighted by Gasteiger charge is 2.34. The van der Waals surface area contributed by atoms with Crippen molar-refractivity contribution in [2.24, 2.45) is 4.99 Å². The molecule has 0 atom stereocenters. The summed E-state index contributed by atoms with van der Waals surface area (Å²) < 4.78 is 18.4. The summed E-state index contributed by atoms with van der Waals surface area (Å²) >= 11 is 0. The topological polar surface area (TPSA) is 76.0 Å². The van der Waals surface area contributed by atoms with Crippen LogP contribution in [0.15, 0.2) is 59.1 Å². The summed E-state index contributed by atoms with van der Waals surface area (Å²) in [6.45, 7) is 1.67. The molecule has 0 saturated carbocycles. The van der Waals surface area contributed by atoms with Crippen LogP contribution in [0.2, 0.25) is 0 Å². The molecule has 0 aliphatic carbocycles. The van der Waals surface area contributed by atoms with E-state index in [1.165, 1.54) is 12.1 Å². The molecule has 126 valence electrons. The van der Waals surface area contributed by atoms with Crippen LogP contribution in [0.25, 0.3) is 5.76 Å². The lowest BCUT2D eigenvalue weighted by Gasteiger charge is -2.09. The molecule has 2 aromatic carbocycles. The lowest BCUT2D eigenvalue weighted by atomic mass is 9.99. The van der Waals surface area contributed by atoms with Crippen molar-refractivity contribution < 1.29 is 23.8 Å². The predicted octanol–water partition coefficient (Wildman–Crippen LogP) is 3.63. The van der Waals surface area contributed by atoms with E-state index >= 15 is 0 Å². The average Bonchev–Trinajstić information content (AvgIpc) is 2.92. The number of Topliss-reactive ketones (excluding diaryl/α,β-unsaturated/α-hetero) is 1. The van der Waals surface area contributed by atoms with Gasteiger partial charge in [0.1, 0.15) is 22.9 Å². The third kappa shape index (κ3) is 3.06. The van der Waals surface area contributed by atoms with Gasteiger partial charge >= 0.3 is 5.97 Å². The minimum absolute atomic E-state index is 0.0395. The zero-order valence-electron chi connectivity index (χ0n) is 13.3. The molecule has 0 bridgehead atoms. The minimum Gasteiger partial charge on any atom is -0.506 e. The van der Waals surface area contributed by atoms with Gasteiger partial charge in [0.05, 0.1) is 17.9 Å². The molecular formula is C19H14FNO4. The molecular weight excluding hydrogens is 325 g/mol. The summed E-state index contributed by atoms with van der Waals surface area (Å²) in [7, 11) is 0. The summed E-state index contributed by atoms with van der Waals surface area (Å²) in [5, 5.41) is 10.6. The predicted molar refractivity (Wildman–Crippen MR) is 90.4 cm³/mol. The minimum atomic E-state index is -0.871. The van der Waals surface area contributed by atoms with E-state index < -0.39 is 23.3 Å². The van der Waals surface area contributed by atoms with Crippen molar-refractivity contribution in [2.75, 3.05) is 6.61 Å². The van der Waals surface area contributed by atoms with Crippen molar-refractivity contribution >= 4 is 28.9 Å². The second-order valence-corrected chi connectivity index (χ2v) is 5.26. The molecule has 0 amide bonds. The fourth-order valence-electron chi connectivity index (χ4n) is 2.50. The number of rotatable bonds is 4. The molecule has 0 unspecified atom stereocenters. The molecule has 1 N–H and O–H groups in total. The van der Waals surface area contributed by atoms with Gasteiger partial charge in [-0.05, 0) is 25.1 Å². The van der Waals surface area contributed by atoms with Crippen molar-refractivity contribution in [3.8, 4) is 0 Å². The van der Waals surface area contributed by atoms with Gasteiger partial charge in [-0.3, -0.25) is 4.79 Å². The van der Waals surface area contributed by atoms with Gasteiger partial charge in [0.25, 0.3) is 0 Å². The fraction of sp³-hybridized carbons (Fsp3) is 0.105. The first kappa shape index (κ1) is 16.6. The van der Waals surface area contributed by atoms with Crippen LogP contribution in [0, 0.1) is 5.82 Å². The number of esters is 1. The first-order valence-corrected chi connectivity index (χ1v) is 7.62. The Bertz CT molecular complexity index is 916. The van der Waals surface area contributed by atoms with Gasteiger partial charge in [-0.2, -0.15) is 0 Å². The Morgan fingerprint density at radius 3 is 2.60 bits per heavy atom. The molecule has 2 aromatic rings. The number of carbonyl (C=O) groups is 2. The van der Waals surface area contributed by atoms with Crippen molar-refractivity contribution in [1.82, 2.24) is 0 Å². The van der Waals surface area contributed by atoms with Crippen LogP contribution in [0.5, 0.6) is 0 Å². The third-order valence-electron chi connectivity index (χ3n) is 3.65. The van der Waals surface area contributed by atoms with Crippen molar-refractivity contribution in [1.29, 1.82) is 0 Å². The molecule has 3 rings (SSSR count). The Hall–Kier alpha value is -3.28. The number of aliphatic imine (C=N–C) groups is 1. The number of nitrogens with zero attached hydrogens (tertiary/aromatic N) is 1. The van der Waals surface area contributed by atoms with Crippen molar-refractivity contribution in [3.05, 3.63) is 71.0 Å². The summed E-state index contributed by atoms with van der Waals surface area (Å²) in [5.74, 6) is -2.51. The van der Waals surface area contributed by atoms with Gasteiger partial charge < -0.3 is 9.84 Å². The van der Waals surface area contributed by atoms with Crippen LogP contribution in [0.1, 0.15) is 22.8 Å². The monoisotopic (exact) mass is 339 g/mol. The number of carbonyl (C=O) groups excluding carboxylic acids is 2. The number of fused-ring (bicyclic) bond motifs is 1. The van der Waals surface area contributed by atoms with Gasteiger partial charge in [0.2, 0.25) is 5.78 Å². The highest BCUT2D eigenvalue weighted by Crippen LogP contribution is 2.31. The molecule has 0 fully saturated rings. The number of aliphatic hydroxyl groups is 1. The standard InChI is InChI=1S/C19H14FNO4/c1-2-25-19(24)15(17(22)11-6-4-3-5-7-11)16-18(23)13-10-12(20)8-9-14(13)21-16/h3-10,22H,2H2,1H3/b17-15+. The Balaban J connectivity index is 2.15. The number of benzene rings is 2. The number of ketones is 1.